The largest absolute Gasteiger partial charge is 0.272 e. The molecule has 1 aromatic heterocycles. The number of halogens is 2. The van der Waals surface area contributed by atoms with Gasteiger partial charge in [-0.3, -0.25) is 9.78 Å². The normalized spacial score (nSPS) is 11.1. The van der Waals surface area contributed by atoms with Gasteiger partial charge in [-0.1, -0.05) is 47.5 Å². The molecule has 2 aromatic carbocycles. The summed E-state index contributed by atoms with van der Waals surface area (Å²) in [7, 11) is 0. The van der Waals surface area contributed by atoms with E-state index in [2.05, 4.69) is 15.5 Å². The first-order chi connectivity index (χ1) is 11.5. The average molecular weight is 358 g/mol. The fourth-order valence-corrected chi connectivity index (χ4v) is 2.78. The molecule has 1 heterocycles. The fourth-order valence-electron chi connectivity index (χ4n) is 2.32. The molecule has 0 spiro atoms. The van der Waals surface area contributed by atoms with Crippen molar-refractivity contribution in [3.05, 3.63) is 75.4 Å². The maximum absolute atomic E-state index is 12.4. The highest BCUT2D eigenvalue weighted by Crippen LogP contribution is 2.20. The number of aryl methyl sites for hydroxylation is 1. The van der Waals surface area contributed by atoms with Gasteiger partial charge in [0.15, 0.2) is 0 Å². The summed E-state index contributed by atoms with van der Waals surface area (Å²) in [6.07, 6.45) is 1.48. The summed E-state index contributed by atoms with van der Waals surface area (Å²) in [6.45, 7) is 1.85. The van der Waals surface area contributed by atoms with Crippen LogP contribution < -0.4 is 5.43 Å². The predicted octanol–water partition coefficient (Wildman–Crippen LogP) is 4.61. The van der Waals surface area contributed by atoms with E-state index in [9.17, 15) is 4.79 Å². The number of fused-ring (bicyclic) bond motifs is 1. The molecule has 0 radical (unpaired) electrons. The molecule has 6 heteroatoms. The van der Waals surface area contributed by atoms with Gasteiger partial charge in [0, 0.05) is 21.7 Å². The van der Waals surface area contributed by atoms with E-state index < -0.39 is 0 Å². The van der Waals surface area contributed by atoms with Crippen LogP contribution in [0.2, 0.25) is 10.0 Å². The highest BCUT2D eigenvalue weighted by molar-refractivity contribution is 6.36. The number of pyridine rings is 1. The lowest BCUT2D eigenvalue weighted by molar-refractivity contribution is 0.0956. The van der Waals surface area contributed by atoms with Crippen molar-refractivity contribution in [1.29, 1.82) is 0 Å². The zero-order valence-corrected chi connectivity index (χ0v) is 14.3. The molecule has 1 N–H and O–H groups in total. The number of nitrogens with zero attached hydrogens (tertiary/aromatic N) is 2. The Balaban J connectivity index is 1.84. The van der Waals surface area contributed by atoms with Crippen molar-refractivity contribution < 1.29 is 4.79 Å². The zero-order valence-electron chi connectivity index (χ0n) is 12.8. The highest BCUT2D eigenvalue weighted by atomic mass is 35.5. The minimum Gasteiger partial charge on any atom is -0.267 e. The molecule has 4 nitrogen and oxygen atoms in total. The molecular weight excluding hydrogens is 345 g/mol. The van der Waals surface area contributed by atoms with Gasteiger partial charge in [-0.15, -0.1) is 0 Å². The Morgan fingerprint density at radius 1 is 1.17 bits per heavy atom. The molecule has 0 bridgehead atoms. The van der Waals surface area contributed by atoms with Gasteiger partial charge in [0.2, 0.25) is 0 Å². The van der Waals surface area contributed by atoms with Crippen molar-refractivity contribution in [3.63, 3.8) is 0 Å². The minimum atomic E-state index is -0.307. The Hall–Kier alpha value is -2.43. The van der Waals surface area contributed by atoms with Gasteiger partial charge in [0.05, 0.1) is 22.3 Å². The van der Waals surface area contributed by atoms with E-state index in [-0.39, 0.29) is 5.91 Å². The van der Waals surface area contributed by atoms with Crippen molar-refractivity contribution in [2.45, 2.75) is 6.92 Å². The van der Waals surface area contributed by atoms with Crippen LogP contribution in [0.15, 0.2) is 53.6 Å². The van der Waals surface area contributed by atoms with E-state index >= 15 is 0 Å². The van der Waals surface area contributed by atoms with E-state index in [4.69, 9.17) is 23.2 Å². The molecule has 0 saturated carbocycles. The summed E-state index contributed by atoms with van der Waals surface area (Å²) < 4.78 is 0. The number of amides is 1. The first-order valence-electron chi connectivity index (χ1n) is 7.19. The maximum Gasteiger partial charge on any atom is 0.272 e. The highest BCUT2D eigenvalue weighted by Gasteiger charge is 2.11. The van der Waals surface area contributed by atoms with Crippen LogP contribution in [0, 0.1) is 6.92 Å². The van der Waals surface area contributed by atoms with Crippen LogP contribution in [0.3, 0.4) is 0 Å². The van der Waals surface area contributed by atoms with Crippen LogP contribution in [-0.2, 0) is 0 Å². The molecule has 0 aliphatic carbocycles. The number of benzene rings is 2. The summed E-state index contributed by atoms with van der Waals surface area (Å²) in [4.78, 5) is 16.9. The van der Waals surface area contributed by atoms with Gasteiger partial charge < -0.3 is 0 Å². The summed E-state index contributed by atoms with van der Waals surface area (Å²) in [6, 6.07) is 14.3. The Bertz CT molecular complexity index is 954. The van der Waals surface area contributed by atoms with E-state index in [1.54, 1.807) is 24.3 Å². The number of carbonyl (C=O) groups is 1. The van der Waals surface area contributed by atoms with Crippen molar-refractivity contribution in [2.24, 2.45) is 5.10 Å². The van der Waals surface area contributed by atoms with Crippen LogP contribution in [0.5, 0.6) is 0 Å². The lowest BCUT2D eigenvalue weighted by Gasteiger charge is -2.06. The third kappa shape index (κ3) is 3.55. The number of hydrogen-bond acceptors (Lipinski definition) is 3. The number of carbonyl (C=O) groups excluding carboxylic acids is 1. The standard InChI is InChI=1S/C18H13Cl2N3O/c1-11-8-15(14-4-2-3-5-17(14)22-11)18(24)23-21-10-12-6-7-13(19)9-16(12)20/h2-10H,1H3,(H,23,24)/b21-10+. The molecule has 1 amide bonds. The number of hydrazone groups is 1. The SMILES string of the molecule is Cc1cc(C(=O)N/N=C/c2ccc(Cl)cc2Cl)c2ccccc2n1. The van der Waals surface area contributed by atoms with Crippen molar-refractivity contribution in [3.8, 4) is 0 Å². The fraction of sp³-hybridized carbons (Fsp3) is 0.0556. The van der Waals surface area contributed by atoms with E-state index in [0.29, 0.717) is 21.2 Å². The number of hydrogen-bond donors (Lipinski definition) is 1. The van der Waals surface area contributed by atoms with Gasteiger partial charge in [0.1, 0.15) is 0 Å². The van der Waals surface area contributed by atoms with Gasteiger partial charge in [-0.25, -0.2) is 5.43 Å². The quantitative estimate of drug-likeness (QED) is 0.549. The van der Waals surface area contributed by atoms with Crippen LogP contribution in [0.4, 0.5) is 0 Å². The molecule has 0 fully saturated rings. The van der Waals surface area contributed by atoms with Crippen LogP contribution in [0.25, 0.3) is 10.9 Å². The lowest BCUT2D eigenvalue weighted by atomic mass is 10.1. The summed E-state index contributed by atoms with van der Waals surface area (Å²) in [5.74, 6) is -0.307. The van der Waals surface area contributed by atoms with Gasteiger partial charge in [-0.05, 0) is 31.2 Å². The van der Waals surface area contributed by atoms with E-state index in [1.807, 2.05) is 31.2 Å². The third-order valence-electron chi connectivity index (χ3n) is 3.42. The average Bonchev–Trinajstić information content (AvgIpc) is 2.56. The van der Waals surface area contributed by atoms with Crippen molar-refractivity contribution in [2.75, 3.05) is 0 Å². The van der Waals surface area contributed by atoms with Gasteiger partial charge >= 0.3 is 0 Å². The number of rotatable bonds is 3. The van der Waals surface area contributed by atoms with Crippen LogP contribution in [-0.4, -0.2) is 17.1 Å². The van der Waals surface area contributed by atoms with Crippen LogP contribution >= 0.6 is 23.2 Å². The van der Waals surface area contributed by atoms with Crippen LogP contribution in [0.1, 0.15) is 21.6 Å². The molecular formula is C18H13Cl2N3O. The second-order valence-corrected chi connectivity index (χ2v) is 6.04. The molecule has 3 aromatic rings. The molecule has 0 aliphatic heterocycles. The molecule has 0 saturated heterocycles. The Kier molecular flexibility index (Phi) is 4.79. The summed E-state index contributed by atoms with van der Waals surface area (Å²) >= 11 is 11.9. The van der Waals surface area contributed by atoms with E-state index in [0.717, 1.165) is 16.6 Å². The molecule has 24 heavy (non-hydrogen) atoms. The maximum atomic E-state index is 12.4. The Labute approximate surface area is 149 Å². The Morgan fingerprint density at radius 3 is 2.75 bits per heavy atom. The Morgan fingerprint density at radius 2 is 1.96 bits per heavy atom. The monoisotopic (exact) mass is 357 g/mol. The summed E-state index contributed by atoms with van der Waals surface area (Å²) in [5, 5.41) is 5.76. The van der Waals surface area contributed by atoms with Gasteiger partial charge in [-0.2, -0.15) is 5.10 Å². The van der Waals surface area contributed by atoms with Crippen molar-refractivity contribution in [1.82, 2.24) is 10.4 Å². The third-order valence-corrected chi connectivity index (χ3v) is 3.98. The molecule has 3 rings (SSSR count). The number of aromatic nitrogens is 1. The zero-order chi connectivity index (χ0) is 17.1. The summed E-state index contributed by atoms with van der Waals surface area (Å²) in [5.41, 5.74) is 5.25. The van der Waals surface area contributed by atoms with Gasteiger partial charge in [0.25, 0.3) is 5.91 Å². The second-order valence-electron chi connectivity index (χ2n) is 5.19. The predicted molar refractivity (Wildman–Crippen MR) is 98.0 cm³/mol. The minimum absolute atomic E-state index is 0.307. The topological polar surface area (TPSA) is 54.4 Å². The smallest absolute Gasteiger partial charge is 0.267 e. The first kappa shape index (κ1) is 16.4. The van der Waals surface area contributed by atoms with E-state index in [1.165, 1.54) is 6.21 Å². The number of nitrogens with one attached hydrogen (secondary N) is 1. The molecule has 0 atom stereocenters. The van der Waals surface area contributed by atoms with Crippen molar-refractivity contribution >= 4 is 46.2 Å². The first-order valence-corrected chi connectivity index (χ1v) is 7.95. The molecule has 120 valence electrons. The number of para-hydroxylation sites is 1. The second kappa shape index (κ2) is 6.99. The molecule has 0 unspecified atom stereocenters. The molecule has 0 aliphatic rings. The lowest BCUT2D eigenvalue weighted by Crippen LogP contribution is -2.18.